The van der Waals surface area contributed by atoms with Crippen LogP contribution in [0.25, 0.3) is 0 Å². The summed E-state index contributed by atoms with van der Waals surface area (Å²) in [7, 11) is 1.26. The first kappa shape index (κ1) is 70.7. The largest absolute Gasteiger partial charge is 0.756 e. The molecular weight excluding hydrogens is 924 g/mol. The van der Waals surface area contributed by atoms with Crippen molar-refractivity contribution in [2.24, 2.45) is 0 Å². The Hall–Kier alpha value is -2.32. The molecule has 0 radical (unpaired) electrons. The molecule has 0 heterocycles. The Kier molecular flexibility index (Phi) is 52.7. The molecule has 0 bridgehead atoms. The normalized spacial score (nSPS) is 14.5. The number of nitrogens with zero attached hydrogens (tertiary/aromatic N) is 1. The summed E-state index contributed by atoms with van der Waals surface area (Å²) in [6.07, 6.45) is 76.7. The number of nitrogens with one attached hydrogen (secondary N) is 1. The van der Waals surface area contributed by atoms with Crippen LogP contribution in [0.15, 0.2) is 85.1 Å². The second-order valence-electron chi connectivity index (χ2n) is 21.7. The highest BCUT2D eigenvalue weighted by Gasteiger charge is 2.23. The SMILES string of the molecule is CC/C=C\C/C=C\C/C=C\C/C=C\C/C=C\C/C=C\CCCCCCCCCCCCCCCCCCCCC(=O)NC(COP(=O)([O-])OCC[N+](C)(C)C)C(O)/C=C/CCCCCCCCCCCCCC. The molecule has 424 valence electrons. The molecule has 0 saturated carbocycles. The lowest BCUT2D eigenvalue weighted by Gasteiger charge is -2.29. The molecule has 0 fully saturated rings. The number of hydrogen-bond donors (Lipinski definition) is 2. The highest BCUT2D eigenvalue weighted by atomic mass is 31.2. The van der Waals surface area contributed by atoms with Crippen LogP contribution in [0.5, 0.6) is 0 Å². The second kappa shape index (κ2) is 54.5. The number of phosphoric acid groups is 1. The number of aliphatic hydroxyl groups is 1. The number of quaternary nitrogens is 1. The zero-order chi connectivity index (χ0) is 53.5. The van der Waals surface area contributed by atoms with E-state index in [1.54, 1.807) is 6.08 Å². The second-order valence-corrected chi connectivity index (χ2v) is 23.1. The summed E-state index contributed by atoms with van der Waals surface area (Å²) in [6.45, 7) is 4.54. The summed E-state index contributed by atoms with van der Waals surface area (Å²) in [4.78, 5) is 25.5. The molecule has 0 aromatic rings. The van der Waals surface area contributed by atoms with Crippen LogP contribution in [0, 0.1) is 0 Å². The van der Waals surface area contributed by atoms with E-state index in [1.165, 1.54) is 167 Å². The molecule has 0 rings (SSSR count). The van der Waals surface area contributed by atoms with Crippen molar-refractivity contribution in [1.29, 1.82) is 0 Å². The lowest BCUT2D eigenvalue weighted by Crippen LogP contribution is -2.45. The monoisotopic (exact) mass is 1040 g/mol. The van der Waals surface area contributed by atoms with Gasteiger partial charge >= 0.3 is 0 Å². The molecular formula is C64H117N2O6P. The quantitative estimate of drug-likeness (QED) is 0.0272. The van der Waals surface area contributed by atoms with Crippen LogP contribution in [0.2, 0.25) is 0 Å². The smallest absolute Gasteiger partial charge is 0.268 e. The fourth-order valence-electron chi connectivity index (χ4n) is 8.63. The average molecular weight is 1040 g/mol. The van der Waals surface area contributed by atoms with E-state index in [1.807, 2.05) is 27.2 Å². The molecule has 0 aromatic heterocycles. The van der Waals surface area contributed by atoms with Crippen molar-refractivity contribution in [1.82, 2.24) is 5.32 Å². The van der Waals surface area contributed by atoms with Gasteiger partial charge in [0.05, 0.1) is 39.9 Å². The van der Waals surface area contributed by atoms with E-state index >= 15 is 0 Å². The molecule has 3 unspecified atom stereocenters. The van der Waals surface area contributed by atoms with Gasteiger partial charge in [-0.2, -0.15) is 0 Å². The number of hydrogen-bond acceptors (Lipinski definition) is 6. The highest BCUT2D eigenvalue weighted by Crippen LogP contribution is 2.38. The van der Waals surface area contributed by atoms with Gasteiger partial charge in [0.2, 0.25) is 5.91 Å². The number of allylic oxidation sites excluding steroid dienone is 13. The predicted octanol–water partition coefficient (Wildman–Crippen LogP) is 18.2. The van der Waals surface area contributed by atoms with Crippen LogP contribution in [-0.2, 0) is 18.4 Å². The van der Waals surface area contributed by atoms with Crippen molar-refractivity contribution in [3.05, 3.63) is 85.1 Å². The van der Waals surface area contributed by atoms with Crippen molar-refractivity contribution in [3.63, 3.8) is 0 Å². The maximum absolute atomic E-state index is 13.0. The number of aliphatic hydroxyl groups excluding tert-OH is 1. The van der Waals surface area contributed by atoms with Gasteiger partial charge in [0.15, 0.2) is 0 Å². The molecule has 1 amide bonds. The first-order chi connectivity index (χ1) is 35.5. The van der Waals surface area contributed by atoms with Crippen LogP contribution in [0.3, 0.4) is 0 Å². The van der Waals surface area contributed by atoms with Crippen LogP contribution < -0.4 is 10.2 Å². The predicted molar refractivity (Wildman–Crippen MR) is 316 cm³/mol. The van der Waals surface area contributed by atoms with Gasteiger partial charge < -0.3 is 28.8 Å². The first-order valence-corrected chi connectivity index (χ1v) is 31.9. The fraction of sp³-hybridized carbons (Fsp3) is 0.766. The van der Waals surface area contributed by atoms with Gasteiger partial charge in [-0.25, -0.2) is 0 Å². The molecule has 0 aromatic carbocycles. The standard InChI is InChI=1S/C64H117N2O6P/c1-6-8-10-12-14-16-18-20-22-23-24-25-26-27-28-29-30-31-32-33-34-35-36-37-38-39-40-41-42-43-44-46-48-50-52-54-56-58-64(68)65-62(61-72-73(69,70)71-60-59-66(3,4)5)63(67)57-55-53-51-49-47-45-21-19-17-15-13-11-9-7-2/h8,10,14,16,20,22,24-25,27-28,30-31,55,57,62-63,67H,6-7,9,11-13,15,17-19,21,23,26,29,32-54,56,58-61H2,1-5H3,(H-,65,68,69,70)/b10-8-,16-14-,22-20-,25-24-,28-27-,31-30-,57-55+. The van der Waals surface area contributed by atoms with E-state index in [0.717, 1.165) is 77.0 Å². The Morgan fingerprint density at radius 1 is 0.493 bits per heavy atom. The number of amides is 1. The highest BCUT2D eigenvalue weighted by molar-refractivity contribution is 7.45. The van der Waals surface area contributed by atoms with Crippen molar-refractivity contribution < 1.29 is 32.9 Å². The number of phosphoric ester groups is 1. The molecule has 3 atom stereocenters. The Bertz CT molecular complexity index is 1460. The van der Waals surface area contributed by atoms with Crippen molar-refractivity contribution in [2.45, 2.75) is 276 Å². The molecule has 0 aliphatic heterocycles. The molecule has 0 aliphatic carbocycles. The molecule has 73 heavy (non-hydrogen) atoms. The Balaban J connectivity index is 4.00. The van der Waals surface area contributed by atoms with Gasteiger partial charge in [-0.1, -0.05) is 272 Å². The zero-order valence-electron chi connectivity index (χ0n) is 48.3. The summed E-state index contributed by atoms with van der Waals surface area (Å²) in [5, 5.41) is 13.9. The Labute approximate surface area is 452 Å². The lowest BCUT2D eigenvalue weighted by molar-refractivity contribution is -0.870. The third-order valence-corrected chi connectivity index (χ3v) is 14.3. The van der Waals surface area contributed by atoms with E-state index in [-0.39, 0.29) is 19.1 Å². The Morgan fingerprint density at radius 2 is 0.836 bits per heavy atom. The minimum absolute atomic E-state index is 0.00209. The number of carbonyl (C=O) groups is 1. The minimum Gasteiger partial charge on any atom is -0.756 e. The molecule has 0 spiro atoms. The number of rotatable bonds is 55. The third kappa shape index (κ3) is 57.2. The van der Waals surface area contributed by atoms with Crippen LogP contribution in [0.1, 0.15) is 264 Å². The van der Waals surface area contributed by atoms with Crippen LogP contribution in [0.4, 0.5) is 0 Å². The average Bonchev–Trinajstić information content (AvgIpc) is 3.35. The van der Waals surface area contributed by atoms with Gasteiger partial charge in [0.1, 0.15) is 13.2 Å². The Morgan fingerprint density at radius 3 is 1.22 bits per heavy atom. The molecule has 8 nitrogen and oxygen atoms in total. The number of likely N-dealkylation sites (N-methyl/N-ethyl adjacent to an activating group) is 1. The number of unbranched alkanes of at least 4 members (excludes halogenated alkanes) is 30. The van der Waals surface area contributed by atoms with Crippen molar-refractivity contribution in [2.75, 3.05) is 40.9 Å². The van der Waals surface area contributed by atoms with Gasteiger partial charge in [0.25, 0.3) is 7.82 Å². The summed E-state index contributed by atoms with van der Waals surface area (Å²) >= 11 is 0. The summed E-state index contributed by atoms with van der Waals surface area (Å²) in [5.41, 5.74) is 0. The molecule has 2 N–H and O–H groups in total. The van der Waals surface area contributed by atoms with Gasteiger partial charge in [-0.15, -0.1) is 0 Å². The van der Waals surface area contributed by atoms with Gasteiger partial charge in [0, 0.05) is 6.42 Å². The zero-order valence-corrected chi connectivity index (χ0v) is 49.2. The summed E-state index contributed by atoms with van der Waals surface area (Å²) in [6, 6.07) is -0.888. The van der Waals surface area contributed by atoms with Crippen molar-refractivity contribution >= 4 is 13.7 Å². The maximum atomic E-state index is 13.0. The third-order valence-electron chi connectivity index (χ3n) is 13.4. The van der Waals surface area contributed by atoms with E-state index in [4.69, 9.17) is 9.05 Å². The first-order valence-electron chi connectivity index (χ1n) is 30.4. The van der Waals surface area contributed by atoms with E-state index in [0.29, 0.717) is 17.4 Å². The fourth-order valence-corrected chi connectivity index (χ4v) is 9.35. The van der Waals surface area contributed by atoms with Gasteiger partial charge in [-0.3, -0.25) is 9.36 Å². The van der Waals surface area contributed by atoms with Crippen molar-refractivity contribution in [3.8, 4) is 0 Å². The van der Waals surface area contributed by atoms with Crippen LogP contribution in [-0.4, -0.2) is 68.5 Å². The van der Waals surface area contributed by atoms with Gasteiger partial charge in [-0.05, 0) is 70.6 Å². The molecule has 9 heteroatoms. The maximum Gasteiger partial charge on any atom is 0.268 e. The summed E-state index contributed by atoms with van der Waals surface area (Å²) in [5.74, 6) is -0.197. The molecule has 0 aliphatic rings. The molecule has 0 saturated heterocycles. The van der Waals surface area contributed by atoms with E-state index in [2.05, 4.69) is 92.1 Å². The van der Waals surface area contributed by atoms with E-state index in [9.17, 15) is 19.4 Å². The minimum atomic E-state index is -4.60. The topological polar surface area (TPSA) is 108 Å². The number of carbonyl (C=O) groups excluding carboxylic acids is 1. The lowest BCUT2D eigenvalue weighted by atomic mass is 10.0. The van der Waals surface area contributed by atoms with Crippen LogP contribution >= 0.6 is 7.82 Å². The van der Waals surface area contributed by atoms with E-state index < -0.39 is 20.0 Å². The summed E-state index contributed by atoms with van der Waals surface area (Å²) < 4.78 is 23.3.